The predicted molar refractivity (Wildman–Crippen MR) is 110 cm³/mol. The van der Waals surface area contributed by atoms with Crippen LogP contribution in [-0.4, -0.2) is 7.05 Å². The van der Waals surface area contributed by atoms with Crippen molar-refractivity contribution in [1.82, 2.24) is 0 Å². The molecule has 1 atom stereocenters. The van der Waals surface area contributed by atoms with Crippen LogP contribution in [-0.2, 0) is 6.42 Å². The molecular weight excluding hydrogens is 359 g/mol. The average Bonchev–Trinajstić information content (AvgIpc) is 2.69. The van der Waals surface area contributed by atoms with Crippen molar-refractivity contribution in [2.24, 2.45) is 5.73 Å². The number of hydrogen-bond acceptors (Lipinski definition) is 2. The Morgan fingerprint density at radius 1 is 1.00 bits per heavy atom. The minimum Gasteiger partial charge on any atom is -0.351 e. The number of hydrogen-bond donors (Lipinski definition) is 1. The van der Waals surface area contributed by atoms with E-state index < -0.39 is 5.82 Å². The molecule has 0 aromatic heterocycles. The largest absolute Gasteiger partial charge is 0.351 e. The molecule has 4 heteroatoms. The second-order valence-corrected chi connectivity index (χ2v) is 7.26. The van der Waals surface area contributed by atoms with Crippen molar-refractivity contribution >= 4 is 17.3 Å². The van der Waals surface area contributed by atoms with Gasteiger partial charge in [-0.2, -0.15) is 0 Å². The number of anilines is 1. The molecule has 136 valence electrons. The van der Waals surface area contributed by atoms with Crippen LogP contribution >= 0.6 is 11.6 Å². The predicted octanol–water partition coefficient (Wildman–Crippen LogP) is 5.72. The van der Waals surface area contributed by atoms with E-state index in [2.05, 4.69) is 35.4 Å². The van der Waals surface area contributed by atoms with E-state index in [1.54, 1.807) is 12.1 Å². The summed E-state index contributed by atoms with van der Waals surface area (Å²) in [6.07, 6.45) is 2.91. The van der Waals surface area contributed by atoms with Gasteiger partial charge in [-0.3, -0.25) is 0 Å². The highest BCUT2D eigenvalue weighted by Gasteiger charge is 2.22. The standard InChI is InChI=1S/C23H20ClFN2/c1-27-14-18(23(26)19-4-2-3-5-22(19)27)12-15-6-8-16(9-7-15)17-10-11-21(25)20(24)13-17/h2-11,13-14,23H,12,26H2,1H3. The maximum Gasteiger partial charge on any atom is 0.141 e. The van der Waals surface area contributed by atoms with E-state index in [4.69, 9.17) is 17.3 Å². The Morgan fingerprint density at radius 2 is 1.70 bits per heavy atom. The molecule has 1 heterocycles. The van der Waals surface area contributed by atoms with E-state index in [9.17, 15) is 4.39 Å². The highest BCUT2D eigenvalue weighted by molar-refractivity contribution is 6.31. The van der Waals surface area contributed by atoms with E-state index >= 15 is 0 Å². The molecule has 0 bridgehead atoms. The van der Waals surface area contributed by atoms with Crippen LogP contribution in [0.2, 0.25) is 5.02 Å². The zero-order chi connectivity index (χ0) is 19.0. The van der Waals surface area contributed by atoms with Crippen LogP contribution in [0.3, 0.4) is 0 Å². The van der Waals surface area contributed by atoms with Gasteiger partial charge >= 0.3 is 0 Å². The molecule has 0 aliphatic carbocycles. The molecule has 4 rings (SSSR count). The van der Waals surface area contributed by atoms with Gasteiger partial charge in [0.05, 0.1) is 11.1 Å². The Kier molecular flexibility index (Phi) is 4.73. The van der Waals surface area contributed by atoms with Crippen LogP contribution in [0, 0.1) is 5.82 Å². The van der Waals surface area contributed by atoms with Gasteiger partial charge in [-0.25, -0.2) is 4.39 Å². The second kappa shape index (κ2) is 7.18. The minimum absolute atomic E-state index is 0.104. The highest BCUT2D eigenvalue weighted by Crippen LogP contribution is 2.35. The summed E-state index contributed by atoms with van der Waals surface area (Å²) >= 11 is 5.89. The van der Waals surface area contributed by atoms with Gasteiger partial charge in [0.25, 0.3) is 0 Å². The van der Waals surface area contributed by atoms with Crippen LogP contribution < -0.4 is 10.6 Å². The molecule has 0 spiro atoms. The molecule has 3 aromatic rings. The first-order valence-corrected chi connectivity index (χ1v) is 9.23. The molecule has 0 radical (unpaired) electrons. The van der Waals surface area contributed by atoms with E-state index in [0.717, 1.165) is 28.8 Å². The third-order valence-corrected chi connectivity index (χ3v) is 5.32. The van der Waals surface area contributed by atoms with Crippen LogP contribution in [0.5, 0.6) is 0 Å². The van der Waals surface area contributed by atoms with Gasteiger partial charge < -0.3 is 10.6 Å². The Balaban J connectivity index is 1.56. The van der Waals surface area contributed by atoms with Crippen LogP contribution in [0.4, 0.5) is 10.1 Å². The van der Waals surface area contributed by atoms with Gasteiger partial charge in [0.2, 0.25) is 0 Å². The number of nitrogens with zero attached hydrogens (tertiary/aromatic N) is 1. The normalized spacial score (nSPS) is 16.1. The summed E-state index contributed by atoms with van der Waals surface area (Å²) in [6.45, 7) is 0. The summed E-state index contributed by atoms with van der Waals surface area (Å²) in [4.78, 5) is 2.13. The summed E-state index contributed by atoms with van der Waals surface area (Å²) in [5.74, 6) is -0.403. The Hall–Kier alpha value is -2.62. The van der Waals surface area contributed by atoms with Crippen molar-refractivity contribution in [2.45, 2.75) is 12.5 Å². The van der Waals surface area contributed by atoms with E-state index in [1.807, 2.05) is 31.3 Å². The van der Waals surface area contributed by atoms with Crippen LogP contribution in [0.1, 0.15) is 17.2 Å². The number of fused-ring (bicyclic) bond motifs is 1. The number of para-hydroxylation sites is 1. The second-order valence-electron chi connectivity index (χ2n) is 6.85. The maximum absolute atomic E-state index is 13.4. The quantitative estimate of drug-likeness (QED) is 0.631. The minimum atomic E-state index is -0.403. The lowest BCUT2D eigenvalue weighted by molar-refractivity contribution is 0.628. The lowest BCUT2D eigenvalue weighted by Crippen LogP contribution is -2.26. The maximum atomic E-state index is 13.4. The van der Waals surface area contributed by atoms with Crippen molar-refractivity contribution in [3.8, 4) is 11.1 Å². The molecule has 1 aliphatic heterocycles. The molecule has 3 aromatic carbocycles. The molecule has 2 N–H and O–H groups in total. The van der Waals surface area contributed by atoms with Crippen molar-refractivity contribution < 1.29 is 4.39 Å². The summed E-state index contributed by atoms with van der Waals surface area (Å²) in [5.41, 5.74) is 13.1. The fourth-order valence-electron chi connectivity index (χ4n) is 3.55. The number of benzene rings is 3. The third kappa shape index (κ3) is 3.48. The van der Waals surface area contributed by atoms with Crippen molar-refractivity contribution in [2.75, 3.05) is 11.9 Å². The lowest BCUT2D eigenvalue weighted by atomic mass is 9.90. The number of rotatable bonds is 3. The monoisotopic (exact) mass is 378 g/mol. The molecule has 2 nitrogen and oxygen atoms in total. The SMILES string of the molecule is CN1C=C(Cc2ccc(-c3ccc(F)c(Cl)c3)cc2)C(N)c2ccccc21. The first-order chi connectivity index (χ1) is 13.0. The van der Waals surface area contributed by atoms with Gasteiger partial charge in [0, 0.05) is 18.9 Å². The summed E-state index contributed by atoms with van der Waals surface area (Å²) < 4.78 is 13.4. The zero-order valence-electron chi connectivity index (χ0n) is 15.0. The summed E-state index contributed by atoms with van der Waals surface area (Å²) in [6, 6.07) is 21.1. The summed E-state index contributed by atoms with van der Waals surface area (Å²) in [7, 11) is 2.05. The fourth-order valence-corrected chi connectivity index (χ4v) is 3.73. The first kappa shape index (κ1) is 17.8. The molecule has 27 heavy (non-hydrogen) atoms. The van der Waals surface area contributed by atoms with Gasteiger partial charge in [0.15, 0.2) is 0 Å². The Labute approximate surface area is 163 Å². The van der Waals surface area contributed by atoms with E-state index in [0.29, 0.717) is 0 Å². The Morgan fingerprint density at radius 3 is 2.44 bits per heavy atom. The van der Waals surface area contributed by atoms with Crippen LogP contribution in [0.15, 0.2) is 78.5 Å². The molecule has 0 amide bonds. The fraction of sp³-hybridized carbons (Fsp3) is 0.130. The van der Waals surface area contributed by atoms with Gasteiger partial charge in [-0.15, -0.1) is 0 Å². The Bertz CT molecular complexity index is 1010. The van der Waals surface area contributed by atoms with Crippen molar-refractivity contribution in [3.05, 3.63) is 100 Å². The summed E-state index contributed by atoms with van der Waals surface area (Å²) in [5, 5.41) is 0.136. The average molecular weight is 379 g/mol. The topological polar surface area (TPSA) is 29.3 Å². The van der Waals surface area contributed by atoms with Gasteiger partial charge in [-0.05, 0) is 52.4 Å². The third-order valence-electron chi connectivity index (χ3n) is 5.03. The zero-order valence-corrected chi connectivity index (χ0v) is 15.7. The van der Waals surface area contributed by atoms with Gasteiger partial charge in [-0.1, -0.05) is 60.1 Å². The van der Waals surface area contributed by atoms with Crippen LogP contribution in [0.25, 0.3) is 11.1 Å². The molecule has 0 saturated heterocycles. The molecular formula is C23H20ClFN2. The van der Waals surface area contributed by atoms with E-state index in [1.165, 1.54) is 17.2 Å². The smallest absolute Gasteiger partial charge is 0.141 e. The highest BCUT2D eigenvalue weighted by atomic mass is 35.5. The van der Waals surface area contributed by atoms with Crippen molar-refractivity contribution in [3.63, 3.8) is 0 Å². The molecule has 0 fully saturated rings. The first-order valence-electron chi connectivity index (χ1n) is 8.85. The molecule has 1 unspecified atom stereocenters. The lowest BCUT2D eigenvalue weighted by Gasteiger charge is -2.30. The van der Waals surface area contributed by atoms with Gasteiger partial charge in [0.1, 0.15) is 5.82 Å². The van der Waals surface area contributed by atoms with Crippen molar-refractivity contribution in [1.29, 1.82) is 0 Å². The number of halogens is 2. The molecule has 1 aliphatic rings. The molecule has 0 saturated carbocycles. The van der Waals surface area contributed by atoms with E-state index in [-0.39, 0.29) is 11.1 Å². The number of nitrogens with two attached hydrogens (primary N) is 1.